The predicted octanol–water partition coefficient (Wildman–Crippen LogP) is -0.675. The number of hydrogen-bond acceptors (Lipinski definition) is 9. The van der Waals surface area contributed by atoms with Gasteiger partial charge in [-0.1, -0.05) is 0 Å². The van der Waals surface area contributed by atoms with Crippen LogP contribution >= 0.6 is 0 Å². The second kappa shape index (κ2) is 11.0. The van der Waals surface area contributed by atoms with E-state index in [1.165, 1.54) is 0 Å². The minimum atomic E-state index is -2.97. The molecule has 0 aliphatic carbocycles. The molecular formula is C16H28N2O9S2. The van der Waals surface area contributed by atoms with Crippen LogP contribution in [0.4, 0.5) is 9.59 Å². The third-order valence-corrected chi connectivity index (χ3v) is 8.32. The molecule has 2 rings (SSSR count). The lowest BCUT2D eigenvalue weighted by Gasteiger charge is -2.11. The van der Waals surface area contributed by atoms with Crippen molar-refractivity contribution in [2.24, 2.45) is 11.8 Å². The smallest absolute Gasteiger partial charge is 0.407 e. The topological polar surface area (TPSA) is 154 Å². The summed E-state index contributed by atoms with van der Waals surface area (Å²) in [5, 5.41) is 5.05. The molecule has 0 spiro atoms. The summed E-state index contributed by atoms with van der Waals surface area (Å²) >= 11 is 0. The number of sulfone groups is 2. The summed E-state index contributed by atoms with van der Waals surface area (Å²) < 4.78 is 60.3. The van der Waals surface area contributed by atoms with Gasteiger partial charge in [-0.15, -0.1) is 0 Å². The lowest BCUT2D eigenvalue weighted by molar-refractivity contribution is 0.0454. The zero-order valence-electron chi connectivity index (χ0n) is 16.1. The van der Waals surface area contributed by atoms with Gasteiger partial charge in [0.25, 0.3) is 0 Å². The maximum atomic E-state index is 11.5. The molecular weight excluding hydrogens is 428 g/mol. The molecule has 13 heteroatoms. The van der Waals surface area contributed by atoms with Crippen molar-refractivity contribution in [1.29, 1.82) is 0 Å². The van der Waals surface area contributed by atoms with Crippen molar-refractivity contribution in [1.82, 2.24) is 10.6 Å². The summed E-state index contributed by atoms with van der Waals surface area (Å²) in [5.41, 5.74) is 0. The first-order chi connectivity index (χ1) is 13.7. The van der Waals surface area contributed by atoms with Crippen LogP contribution in [0.5, 0.6) is 0 Å². The summed E-state index contributed by atoms with van der Waals surface area (Å²) in [7, 11) is -5.94. The molecule has 2 N–H and O–H groups in total. The highest BCUT2D eigenvalue weighted by Crippen LogP contribution is 2.18. The van der Waals surface area contributed by atoms with E-state index < -0.39 is 31.9 Å². The van der Waals surface area contributed by atoms with Crippen LogP contribution in [-0.2, 0) is 33.9 Å². The van der Waals surface area contributed by atoms with Gasteiger partial charge in [-0.25, -0.2) is 26.4 Å². The quantitative estimate of drug-likeness (QED) is 0.407. The van der Waals surface area contributed by atoms with Crippen molar-refractivity contribution in [2.45, 2.75) is 12.8 Å². The van der Waals surface area contributed by atoms with Crippen molar-refractivity contribution in [3.05, 3.63) is 0 Å². The Morgan fingerprint density at radius 1 is 0.724 bits per heavy atom. The molecule has 0 aromatic heterocycles. The summed E-state index contributed by atoms with van der Waals surface area (Å²) in [6, 6.07) is 0. The molecule has 2 amide bonds. The first-order valence-corrected chi connectivity index (χ1v) is 13.1. The highest BCUT2D eigenvalue weighted by Gasteiger charge is 2.28. The molecule has 0 bridgehead atoms. The van der Waals surface area contributed by atoms with E-state index in [9.17, 15) is 26.4 Å². The molecule has 11 nitrogen and oxygen atoms in total. The standard InChI is InChI=1S/C16H28N2O9S2/c19-15(17-9-13-1-7-28(21,22)11-13)26-5-3-25-4-6-27-16(20)18-10-14-2-8-29(23,24)12-14/h13-14H,1-12H2,(H,17,19)(H,18,20). The third kappa shape index (κ3) is 9.63. The Balaban J connectivity index is 1.40. The molecule has 2 fully saturated rings. The number of carbonyl (C=O) groups is 2. The molecule has 2 aliphatic heterocycles. The van der Waals surface area contributed by atoms with Crippen LogP contribution < -0.4 is 10.6 Å². The Kier molecular flexibility index (Phi) is 8.96. The van der Waals surface area contributed by atoms with E-state index in [0.717, 1.165) is 0 Å². The maximum Gasteiger partial charge on any atom is 0.407 e. The normalized spacial score (nSPS) is 24.7. The summed E-state index contributed by atoms with van der Waals surface area (Å²) in [4.78, 5) is 23.0. The Bertz CT molecular complexity index is 703. The van der Waals surface area contributed by atoms with Gasteiger partial charge in [0, 0.05) is 13.1 Å². The fourth-order valence-corrected chi connectivity index (χ4v) is 6.84. The van der Waals surface area contributed by atoms with Gasteiger partial charge in [0.05, 0.1) is 36.2 Å². The molecule has 29 heavy (non-hydrogen) atoms. The van der Waals surface area contributed by atoms with Gasteiger partial charge in [0.2, 0.25) is 0 Å². The molecule has 2 unspecified atom stereocenters. The molecule has 2 saturated heterocycles. The predicted molar refractivity (Wildman–Crippen MR) is 103 cm³/mol. The molecule has 0 aromatic carbocycles. The first kappa shape index (κ1) is 23.7. The molecule has 2 atom stereocenters. The molecule has 0 aromatic rings. The fraction of sp³-hybridized carbons (Fsp3) is 0.875. The number of nitrogens with one attached hydrogen (secondary N) is 2. The van der Waals surface area contributed by atoms with Crippen LogP contribution in [0.15, 0.2) is 0 Å². The van der Waals surface area contributed by atoms with E-state index in [2.05, 4.69) is 10.6 Å². The highest BCUT2D eigenvalue weighted by atomic mass is 32.2. The number of alkyl carbamates (subject to hydrolysis) is 2. The lowest BCUT2D eigenvalue weighted by Crippen LogP contribution is -2.31. The third-order valence-electron chi connectivity index (χ3n) is 4.65. The van der Waals surface area contributed by atoms with Gasteiger partial charge in [-0.2, -0.15) is 0 Å². The summed E-state index contributed by atoms with van der Waals surface area (Å²) in [5.74, 6) is 0.332. The van der Waals surface area contributed by atoms with E-state index in [-0.39, 0.29) is 74.4 Å². The lowest BCUT2D eigenvalue weighted by atomic mass is 10.1. The van der Waals surface area contributed by atoms with Gasteiger partial charge < -0.3 is 24.8 Å². The van der Waals surface area contributed by atoms with Crippen molar-refractivity contribution in [3.8, 4) is 0 Å². The molecule has 0 radical (unpaired) electrons. The fourth-order valence-electron chi connectivity index (χ4n) is 3.11. The summed E-state index contributed by atoms with van der Waals surface area (Å²) in [6.07, 6.45) is -0.192. The minimum absolute atomic E-state index is 0.0111. The second-order valence-corrected chi connectivity index (χ2v) is 11.6. The number of ether oxygens (including phenoxy) is 3. The Hall–Kier alpha value is -1.60. The van der Waals surface area contributed by atoms with Crippen molar-refractivity contribution >= 4 is 31.9 Å². The molecule has 0 saturated carbocycles. The Morgan fingerprint density at radius 2 is 1.14 bits per heavy atom. The number of hydrogen-bond donors (Lipinski definition) is 2. The van der Waals surface area contributed by atoms with Crippen LogP contribution in [0.25, 0.3) is 0 Å². The van der Waals surface area contributed by atoms with Crippen LogP contribution in [-0.4, -0.2) is 91.6 Å². The van der Waals surface area contributed by atoms with Crippen LogP contribution in [0, 0.1) is 11.8 Å². The van der Waals surface area contributed by atoms with Gasteiger partial charge in [-0.3, -0.25) is 0 Å². The molecule has 2 aliphatic rings. The molecule has 168 valence electrons. The Morgan fingerprint density at radius 3 is 1.48 bits per heavy atom. The first-order valence-electron chi connectivity index (χ1n) is 9.45. The highest BCUT2D eigenvalue weighted by molar-refractivity contribution is 7.91. The van der Waals surface area contributed by atoms with Gasteiger partial charge in [0.1, 0.15) is 13.2 Å². The van der Waals surface area contributed by atoms with Crippen LogP contribution in [0.1, 0.15) is 12.8 Å². The SMILES string of the molecule is O=C(NCC1CCS(=O)(=O)C1)OCCOCCOC(=O)NCC1CCS(=O)(=O)C1. The summed E-state index contributed by atoms with van der Waals surface area (Å²) in [6.45, 7) is 0.782. The van der Waals surface area contributed by atoms with Gasteiger partial charge in [-0.05, 0) is 24.7 Å². The average molecular weight is 457 g/mol. The van der Waals surface area contributed by atoms with E-state index in [1.54, 1.807) is 0 Å². The largest absolute Gasteiger partial charge is 0.447 e. The van der Waals surface area contributed by atoms with Crippen LogP contribution in [0.3, 0.4) is 0 Å². The van der Waals surface area contributed by atoms with Gasteiger partial charge >= 0.3 is 12.2 Å². The van der Waals surface area contributed by atoms with Crippen molar-refractivity contribution in [3.63, 3.8) is 0 Å². The average Bonchev–Trinajstić information content (AvgIpc) is 3.18. The minimum Gasteiger partial charge on any atom is -0.447 e. The second-order valence-electron chi connectivity index (χ2n) is 7.18. The number of amides is 2. The monoisotopic (exact) mass is 456 g/mol. The maximum absolute atomic E-state index is 11.5. The van der Waals surface area contributed by atoms with Gasteiger partial charge in [0.15, 0.2) is 19.7 Å². The van der Waals surface area contributed by atoms with E-state index in [1.807, 2.05) is 0 Å². The van der Waals surface area contributed by atoms with Crippen molar-refractivity contribution < 1.29 is 40.6 Å². The van der Waals surface area contributed by atoms with E-state index >= 15 is 0 Å². The zero-order chi connectivity index (χ0) is 21.3. The van der Waals surface area contributed by atoms with E-state index in [0.29, 0.717) is 12.8 Å². The van der Waals surface area contributed by atoms with E-state index in [4.69, 9.17) is 14.2 Å². The van der Waals surface area contributed by atoms with Crippen molar-refractivity contribution in [2.75, 3.05) is 62.5 Å². The number of rotatable bonds is 10. The number of carbonyl (C=O) groups excluding carboxylic acids is 2. The zero-order valence-corrected chi connectivity index (χ0v) is 17.8. The Labute approximate surface area is 170 Å². The van der Waals surface area contributed by atoms with Crippen LogP contribution in [0.2, 0.25) is 0 Å². The molecule has 2 heterocycles.